The molecule has 2 aromatic rings. The van der Waals surface area contributed by atoms with E-state index in [0.717, 1.165) is 11.8 Å². The van der Waals surface area contributed by atoms with E-state index in [4.69, 9.17) is 0 Å². The monoisotopic (exact) mass is 519 g/mol. The first-order valence-electron chi connectivity index (χ1n) is 12.1. The van der Waals surface area contributed by atoms with Crippen molar-refractivity contribution < 1.29 is 22.4 Å². The molecule has 1 atom stereocenters. The maximum atomic E-state index is 13.4. The quantitative estimate of drug-likeness (QED) is 0.477. The van der Waals surface area contributed by atoms with Crippen molar-refractivity contribution in [2.75, 3.05) is 17.1 Å². The number of anilines is 1. The molecule has 9 heteroatoms. The second-order valence-corrected chi connectivity index (χ2v) is 12.0. The third-order valence-corrected chi connectivity index (χ3v) is 6.79. The van der Waals surface area contributed by atoms with E-state index in [9.17, 15) is 22.4 Å². The smallest absolute Gasteiger partial charge is 0.243 e. The van der Waals surface area contributed by atoms with Crippen LogP contribution in [0, 0.1) is 12.7 Å². The number of halogens is 1. The number of hydrogen-bond donors (Lipinski definition) is 1. The number of hydrogen-bond acceptors (Lipinski definition) is 4. The van der Waals surface area contributed by atoms with Gasteiger partial charge in [0.25, 0.3) is 0 Å². The van der Waals surface area contributed by atoms with Crippen LogP contribution in [0.1, 0.15) is 58.1 Å². The average molecular weight is 520 g/mol. The maximum Gasteiger partial charge on any atom is 0.243 e. The predicted molar refractivity (Wildman–Crippen MR) is 142 cm³/mol. The van der Waals surface area contributed by atoms with E-state index in [1.54, 1.807) is 30.3 Å². The predicted octanol–water partition coefficient (Wildman–Crippen LogP) is 4.40. The molecule has 0 spiro atoms. The minimum atomic E-state index is -3.55. The summed E-state index contributed by atoms with van der Waals surface area (Å²) in [6.07, 6.45) is 1.87. The van der Waals surface area contributed by atoms with Crippen molar-refractivity contribution >= 4 is 27.5 Å². The fourth-order valence-corrected chi connectivity index (χ4v) is 4.90. The lowest BCUT2D eigenvalue weighted by atomic mass is 10.0. The summed E-state index contributed by atoms with van der Waals surface area (Å²) in [6, 6.07) is 12.3. The summed E-state index contributed by atoms with van der Waals surface area (Å²) < 4.78 is 39.6. The molecule has 0 fully saturated rings. The first kappa shape index (κ1) is 29.3. The molecule has 0 aromatic heterocycles. The first-order valence-corrected chi connectivity index (χ1v) is 14.0. The van der Waals surface area contributed by atoms with Crippen LogP contribution in [0.4, 0.5) is 10.1 Å². The Bertz CT molecular complexity index is 1140. The van der Waals surface area contributed by atoms with Gasteiger partial charge in [0.1, 0.15) is 11.9 Å². The summed E-state index contributed by atoms with van der Waals surface area (Å²) in [7, 11) is -3.55. The van der Waals surface area contributed by atoms with Gasteiger partial charge in [-0.25, -0.2) is 12.8 Å². The van der Waals surface area contributed by atoms with E-state index < -0.39 is 21.6 Å². The van der Waals surface area contributed by atoms with Crippen molar-refractivity contribution in [1.29, 1.82) is 0 Å². The normalized spacial score (nSPS) is 12.6. The van der Waals surface area contributed by atoms with Gasteiger partial charge in [-0.15, -0.1) is 0 Å². The summed E-state index contributed by atoms with van der Waals surface area (Å²) in [5.41, 5.74) is 1.70. The molecule has 0 aliphatic heterocycles. The number of carbonyl (C=O) groups excluding carboxylic acids is 2. The molecule has 36 heavy (non-hydrogen) atoms. The number of nitrogens with zero attached hydrogens (tertiary/aromatic N) is 2. The van der Waals surface area contributed by atoms with Crippen LogP contribution in [0.5, 0.6) is 0 Å². The van der Waals surface area contributed by atoms with Crippen LogP contribution in [0.2, 0.25) is 0 Å². The standard InChI is InChI=1S/C27H38FN3O4S/c1-7-24(26(33)29-27(3,4)5)30(19-21-13-15-22(28)16-14-21)25(32)12-9-17-31(36(6,34)35)23-11-8-10-20(2)18-23/h8,10-11,13-16,18,24H,7,9,12,17,19H2,1-6H3,(H,29,33)/t24-/m0/s1. The molecule has 0 saturated carbocycles. The van der Waals surface area contributed by atoms with Gasteiger partial charge < -0.3 is 10.2 Å². The molecule has 198 valence electrons. The number of amides is 2. The van der Waals surface area contributed by atoms with Crippen molar-refractivity contribution in [3.63, 3.8) is 0 Å². The number of aryl methyl sites for hydroxylation is 1. The number of benzene rings is 2. The third kappa shape index (κ3) is 8.93. The lowest BCUT2D eigenvalue weighted by Gasteiger charge is -2.33. The Hall–Kier alpha value is -2.94. The largest absolute Gasteiger partial charge is 0.350 e. The Morgan fingerprint density at radius 3 is 2.25 bits per heavy atom. The fraction of sp³-hybridized carbons (Fsp3) is 0.481. The molecule has 0 aliphatic carbocycles. The highest BCUT2D eigenvalue weighted by Crippen LogP contribution is 2.21. The Labute approximate surface area is 214 Å². The van der Waals surface area contributed by atoms with Crippen molar-refractivity contribution in [3.8, 4) is 0 Å². The molecule has 0 unspecified atom stereocenters. The van der Waals surface area contributed by atoms with E-state index in [1.807, 2.05) is 40.7 Å². The van der Waals surface area contributed by atoms with Crippen LogP contribution in [-0.2, 0) is 26.2 Å². The van der Waals surface area contributed by atoms with Crippen LogP contribution in [-0.4, -0.2) is 49.5 Å². The minimum Gasteiger partial charge on any atom is -0.350 e. The van der Waals surface area contributed by atoms with Gasteiger partial charge >= 0.3 is 0 Å². The second-order valence-electron chi connectivity index (χ2n) is 10.1. The highest BCUT2D eigenvalue weighted by Gasteiger charge is 2.30. The van der Waals surface area contributed by atoms with E-state index in [-0.39, 0.29) is 43.6 Å². The van der Waals surface area contributed by atoms with Gasteiger partial charge in [0, 0.05) is 25.0 Å². The Morgan fingerprint density at radius 2 is 1.72 bits per heavy atom. The van der Waals surface area contributed by atoms with Gasteiger partial charge in [-0.3, -0.25) is 13.9 Å². The van der Waals surface area contributed by atoms with Crippen LogP contribution >= 0.6 is 0 Å². The van der Waals surface area contributed by atoms with Gasteiger partial charge in [0.15, 0.2) is 0 Å². The lowest BCUT2D eigenvalue weighted by Crippen LogP contribution is -2.53. The van der Waals surface area contributed by atoms with Crippen molar-refractivity contribution in [2.24, 2.45) is 0 Å². The molecular formula is C27H38FN3O4S. The zero-order chi connectivity index (χ0) is 27.1. The first-order chi connectivity index (χ1) is 16.7. The molecule has 0 bridgehead atoms. The van der Waals surface area contributed by atoms with Crippen molar-refractivity contribution in [1.82, 2.24) is 10.2 Å². The summed E-state index contributed by atoms with van der Waals surface area (Å²) >= 11 is 0. The maximum absolute atomic E-state index is 13.4. The van der Waals surface area contributed by atoms with E-state index >= 15 is 0 Å². The SMILES string of the molecule is CC[C@@H](C(=O)NC(C)(C)C)N(Cc1ccc(F)cc1)C(=O)CCCN(c1cccc(C)c1)S(C)(=O)=O. The second kappa shape index (κ2) is 12.3. The van der Waals surface area contributed by atoms with Gasteiger partial charge in [-0.2, -0.15) is 0 Å². The molecule has 0 heterocycles. The molecule has 1 N–H and O–H groups in total. The summed E-state index contributed by atoms with van der Waals surface area (Å²) in [4.78, 5) is 28.0. The number of rotatable bonds is 11. The Morgan fingerprint density at radius 1 is 1.08 bits per heavy atom. The molecule has 2 amide bonds. The Kier molecular flexibility index (Phi) is 10.0. The van der Waals surface area contributed by atoms with Gasteiger partial charge in [0.05, 0.1) is 11.9 Å². The highest BCUT2D eigenvalue weighted by atomic mass is 32.2. The minimum absolute atomic E-state index is 0.0539. The number of carbonyl (C=O) groups is 2. The fourth-order valence-electron chi connectivity index (χ4n) is 3.95. The average Bonchev–Trinajstić information content (AvgIpc) is 2.75. The van der Waals surface area contributed by atoms with Crippen molar-refractivity contribution in [3.05, 3.63) is 65.5 Å². The molecule has 0 aliphatic rings. The van der Waals surface area contributed by atoms with E-state index in [0.29, 0.717) is 17.7 Å². The number of nitrogens with one attached hydrogen (secondary N) is 1. The Balaban J connectivity index is 2.23. The van der Waals surface area contributed by atoms with Crippen molar-refractivity contribution in [2.45, 2.75) is 72.0 Å². The summed E-state index contributed by atoms with van der Waals surface area (Å²) in [6.45, 7) is 9.60. The van der Waals surface area contributed by atoms with Gasteiger partial charge in [0.2, 0.25) is 21.8 Å². The van der Waals surface area contributed by atoms with Gasteiger partial charge in [-0.1, -0.05) is 31.2 Å². The summed E-state index contributed by atoms with van der Waals surface area (Å²) in [5, 5.41) is 2.94. The number of sulfonamides is 1. The molecule has 0 saturated heterocycles. The topological polar surface area (TPSA) is 86.8 Å². The van der Waals surface area contributed by atoms with E-state index in [2.05, 4.69) is 5.32 Å². The lowest BCUT2D eigenvalue weighted by molar-refractivity contribution is -0.142. The van der Waals surface area contributed by atoms with E-state index in [1.165, 1.54) is 21.3 Å². The van der Waals surface area contributed by atoms with Crippen LogP contribution < -0.4 is 9.62 Å². The zero-order valence-electron chi connectivity index (χ0n) is 22.0. The van der Waals surface area contributed by atoms with Gasteiger partial charge in [-0.05, 0) is 75.9 Å². The zero-order valence-corrected chi connectivity index (χ0v) is 22.9. The molecule has 2 rings (SSSR count). The highest BCUT2D eigenvalue weighted by molar-refractivity contribution is 7.92. The van der Waals surface area contributed by atoms with Crippen LogP contribution in [0.3, 0.4) is 0 Å². The molecular weight excluding hydrogens is 481 g/mol. The van der Waals surface area contributed by atoms with Crippen LogP contribution in [0.15, 0.2) is 48.5 Å². The third-order valence-electron chi connectivity index (χ3n) is 5.59. The molecule has 0 radical (unpaired) electrons. The van der Waals surface area contributed by atoms with Crippen LogP contribution in [0.25, 0.3) is 0 Å². The summed E-state index contributed by atoms with van der Waals surface area (Å²) in [5.74, 6) is -0.919. The molecule has 2 aromatic carbocycles. The molecule has 7 nitrogen and oxygen atoms in total.